The van der Waals surface area contributed by atoms with Crippen LogP contribution in [0.25, 0.3) is 0 Å². The number of aryl methyl sites for hydroxylation is 1. The quantitative estimate of drug-likeness (QED) is 0.746. The van der Waals surface area contributed by atoms with Crippen molar-refractivity contribution in [3.8, 4) is 0 Å². The summed E-state index contributed by atoms with van der Waals surface area (Å²) in [5, 5.41) is 6.76. The highest BCUT2D eigenvalue weighted by atomic mass is 15.1. The van der Waals surface area contributed by atoms with Gasteiger partial charge in [-0.15, -0.1) is 0 Å². The zero-order valence-corrected chi connectivity index (χ0v) is 14.9. The minimum Gasteiger partial charge on any atom is -0.354 e. The predicted molar refractivity (Wildman–Crippen MR) is 98.5 cm³/mol. The van der Waals surface area contributed by atoms with Crippen molar-refractivity contribution in [1.29, 1.82) is 0 Å². The van der Waals surface area contributed by atoms with Crippen LogP contribution in [-0.2, 0) is 0 Å². The van der Waals surface area contributed by atoms with E-state index in [4.69, 9.17) is 0 Å². The van der Waals surface area contributed by atoms with E-state index in [0.29, 0.717) is 17.8 Å². The maximum atomic E-state index is 4.59. The number of hydrogen-bond acceptors (Lipinski definition) is 4. The van der Waals surface area contributed by atoms with Crippen molar-refractivity contribution in [1.82, 2.24) is 9.97 Å². The van der Waals surface area contributed by atoms with Crippen LogP contribution in [-0.4, -0.2) is 16.5 Å². The summed E-state index contributed by atoms with van der Waals surface area (Å²) in [5.74, 6) is 2.65. The molecule has 1 aromatic carbocycles. The molecule has 2 aromatic rings. The summed E-state index contributed by atoms with van der Waals surface area (Å²) in [6, 6.07) is 10.3. The average Bonchev–Trinajstić information content (AvgIpc) is 2.46. The van der Waals surface area contributed by atoms with E-state index in [-0.39, 0.29) is 0 Å². The Labute approximate surface area is 139 Å². The molecule has 0 unspecified atom stereocenters. The first kappa shape index (κ1) is 17.3. The lowest BCUT2D eigenvalue weighted by Gasteiger charge is -2.15. The van der Waals surface area contributed by atoms with Crippen LogP contribution >= 0.6 is 0 Å². The van der Waals surface area contributed by atoms with Crippen molar-refractivity contribution in [2.45, 2.75) is 47.0 Å². The molecule has 0 aliphatic heterocycles. The monoisotopic (exact) mass is 312 g/mol. The van der Waals surface area contributed by atoms with Gasteiger partial charge in [0.15, 0.2) is 0 Å². The predicted octanol–water partition coefficient (Wildman–Crippen LogP) is 5.11. The third-order valence-electron chi connectivity index (χ3n) is 3.70. The molecule has 0 bridgehead atoms. The second kappa shape index (κ2) is 7.95. The van der Waals surface area contributed by atoms with E-state index in [1.54, 1.807) is 0 Å². The standard InChI is InChI=1S/C19H28N4/c1-13(2)10-11-20-19-21-15(5)12-18(23-19)22-17-9-7-6-8-16(17)14(3)4/h6-9,12-14H,10-11H2,1-5H3,(H2,20,21,22,23). The first-order valence-corrected chi connectivity index (χ1v) is 8.41. The van der Waals surface area contributed by atoms with Gasteiger partial charge in [-0.3, -0.25) is 0 Å². The van der Waals surface area contributed by atoms with Crippen molar-refractivity contribution in [2.24, 2.45) is 5.92 Å². The number of nitrogens with one attached hydrogen (secondary N) is 2. The molecule has 0 saturated carbocycles. The zero-order valence-electron chi connectivity index (χ0n) is 14.9. The maximum absolute atomic E-state index is 4.59. The normalized spacial score (nSPS) is 11.1. The molecular weight excluding hydrogens is 284 g/mol. The van der Waals surface area contributed by atoms with Crippen LogP contribution in [0, 0.1) is 12.8 Å². The van der Waals surface area contributed by atoms with E-state index in [1.807, 2.05) is 19.1 Å². The molecule has 0 atom stereocenters. The highest BCUT2D eigenvalue weighted by Gasteiger charge is 2.08. The number of nitrogens with zero attached hydrogens (tertiary/aromatic N) is 2. The fourth-order valence-corrected chi connectivity index (χ4v) is 2.44. The van der Waals surface area contributed by atoms with Gasteiger partial charge in [-0.05, 0) is 36.8 Å². The summed E-state index contributed by atoms with van der Waals surface area (Å²) in [6.07, 6.45) is 1.11. The lowest BCUT2D eigenvalue weighted by molar-refractivity contribution is 0.606. The van der Waals surface area contributed by atoms with Gasteiger partial charge in [0.1, 0.15) is 5.82 Å². The Hall–Kier alpha value is -2.10. The number of aromatic nitrogens is 2. The molecule has 2 N–H and O–H groups in total. The van der Waals surface area contributed by atoms with Gasteiger partial charge in [0.25, 0.3) is 0 Å². The summed E-state index contributed by atoms with van der Waals surface area (Å²) in [5.41, 5.74) is 3.35. The Morgan fingerprint density at radius 1 is 1.04 bits per heavy atom. The number of benzene rings is 1. The molecular formula is C19H28N4. The van der Waals surface area contributed by atoms with E-state index in [1.165, 1.54) is 5.56 Å². The van der Waals surface area contributed by atoms with E-state index in [9.17, 15) is 0 Å². The van der Waals surface area contributed by atoms with Gasteiger partial charge >= 0.3 is 0 Å². The molecule has 4 nitrogen and oxygen atoms in total. The molecule has 0 spiro atoms. The van der Waals surface area contributed by atoms with Crippen molar-refractivity contribution in [2.75, 3.05) is 17.2 Å². The first-order valence-electron chi connectivity index (χ1n) is 8.41. The summed E-state index contributed by atoms with van der Waals surface area (Å²) < 4.78 is 0. The smallest absolute Gasteiger partial charge is 0.224 e. The largest absolute Gasteiger partial charge is 0.354 e. The topological polar surface area (TPSA) is 49.8 Å². The van der Waals surface area contributed by atoms with E-state index in [0.717, 1.165) is 30.2 Å². The molecule has 0 radical (unpaired) electrons. The van der Waals surface area contributed by atoms with Crippen molar-refractivity contribution >= 4 is 17.5 Å². The van der Waals surface area contributed by atoms with Gasteiger partial charge in [0, 0.05) is 24.0 Å². The second-order valence-electron chi connectivity index (χ2n) is 6.69. The van der Waals surface area contributed by atoms with Gasteiger partial charge < -0.3 is 10.6 Å². The summed E-state index contributed by atoms with van der Waals surface area (Å²) in [4.78, 5) is 9.06. The molecule has 23 heavy (non-hydrogen) atoms. The highest BCUT2D eigenvalue weighted by Crippen LogP contribution is 2.26. The number of anilines is 3. The van der Waals surface area contributed by atoms with Gasteiger partial charge in [0.05, 0.1) is 0 Å². The molecule has 0 aliphatic rings. The van der Waals surface area contributed by atoms with Gasteiger partial charge in [-0.25, -0.2) is 4.98 Å². The molecule has 1 aromatic heterocycles. The average molecular weight is 312 g/mol. The fourth-order valence-electron chi connectivity index (χ4n) is 2.44. The molecule has 0 fully saturated rings. The van der Waals surface area contributed by atoms with Crippen LogP contribution in [0.4, 0.5) is 17.5 Å². The van der Waals surface area contributed by atoms with E-state index < -0.39 is 0 Å². The molecule has 1 heterocycles. The van der Waals surface area contributed by atoms with Crippen LogP contribution in [0.5, 0.6) is 0 Å². The SMILES string of the molecule is Cc1cc(Nc2ccccc2C(C)C)nc(NCCC(C)C)n1. The molecule has 124 valence electrons. The summed E-state index contributed by atoms with van der Waals surface area (Å²) in [6.45, 7) is 11.7. The number of rotatable bonds is 7. The van der Waals surface area contributed by atoms with E-state index in [2.05, 4.69) is 66.5 Å². The lowest BCUT2D eigenvalue weighted by atomic mass is 10.0. The van der Waals surface area contributed by atoms with Crippen LogP contribution in [0.2, 0.25) is 0 Å². The van der Waals surface area contributed by atoms with Crippen molar-refractivity contribution in [3.05, 3.63) is 41.6 Å². The Balaban J connectivity index is 2.15. The fraction of sp³-hybridized carbons (Fsp3) is 0.474. The van der Waals surface area contributed by atoms with Crippen molar-refractivity contribution in [3.63, 3.8) is 0 Å². The van der Waals surface area contributed by atoms with Gasteiger partial charge in [-0.2, -0.15) is 4.98 Å². The first-order chi connectivity index (χ1) is 11.0. The van der Waals surface area contributed by atoms with E-state index >= 15 is 0 Å². The summed E-state index contributed by atoms with van der Waals surface area (Å²) in [7, 11) is 0. The molecule has 2 rings (SSSR count). The van der Waals surface area contributed by atoms with Crippen LogP contribution < -0.4 is 10.6 Å². The minimum absolute atomic E-state index is 0.463. The third kappa shape index (κ3) is 5.23. The van der Waals surface area contributed by atoms with Crippen LogP contribution in [0.3, 0.4) is 0 Å². The summed E-state index contributed by atoms with van der Waals surface area (Å²) >= 11 is 0. The molecule has 0 saturated heterocycles. The van der Waals surface area contributed by atoms with Crippen LogP contribution in [0.15, 0.2) is 30.3 Å². The zero-order chi connectivity index (χ0) is 16.8. The Bertz CT molecular complexity index is 635. The molecule has 4 heteroatoms. The minimum atomic E-state index is 0.463. The van der Waals surface area contributed by atoms with Crippen LogP contribution in [0.1, 0.15) is 51.3 Å². The van der Waals surface area contributed by atoms with Crippen molar-refractivity contribution < 1.29 is 0 Å². The number of para-hydroxylation sites is 1. The lowest BCUT2D eigenvalue weighted by Crippen LogP contribution is -2.09. The second-order valence-corrected chi connectivity index (χ2v) is 6.69. The highest BCUT2D eigenvalue weighted by molar-refractivity contribution is 5.62. The number of hydrogen-bond donors (Lipinski definition) is 2. The van der Waals surface area contributed by atoms with Gasteiger partial charge in [-0.1, -0.05) is 45.9 Å². The molecule has 0 amide bonds. The Morgan fingerprint density at radius 2 is 1.78 bits per heavy atom. The molecule has 0 aliphatic carbocycles. The Morgan fingerprint density at radius 3 is 2.48 bits per heavy atom. The third-order valence-corrected chi connectivity index (χ3v) is 3.70. The Kier molecular flexibility index (Phi) is 5.97. The van der Waals surface area contributed by atoms with Gasteiger partial charge in [0.2, 0.25) is 5.95 Å². The maximum Gasteiger partial charge on any atom is 0.224 e.